The number of hydrogen-bond acceptors (Lipinski definition) is 7. The van der Waals surface area contributed by atoms with Gasteiger partial charge >= 0.3 is 0 Å². The first kappa shape index (κ1) is 27.7. The van der Waals surface area contributed by atoms with Gasteiger partial charge in [-0.25, -0.2) is 8.42 Å². The average molecular weight is 543 g/mol. The minimum atomic E-state index is -4.42. The van der Waals surface area contributed by atoms with Crippen molar-refractivity contribution in [1.29, 1.82) is 5.26 Å². The average Bonchev–Trinajstić information content (AvgIpc) is 2.94. The van der Waals surface area contributed by atoms with Crippen molar-refractivity contribution in [2.24, 2.45) is 0 Å². The Hall–Kier alpha value is -4.29. The summed E-state index contributed by atoms with van der Waals surface area (Å²) in [6, 6.07) is 16.4. The Labute approximate surface area is 228 Å². The molecule has 0 fully saturated rings. The highest BCUT2D eigenvalue weighted by atomic mass is 32.2. The van der Waals surface area contributed by atoms with Crippen molar-refractivity contribution in [1.82, 2.24) is 14.5 Å². The zero-order valence-electron chi connectivity index (χ0n) is 22.1. The van der Waals surface area contributed by atoms with Crippen molar-refractivity contribution in [2.45, 2.75) is 62.3 Å². The molecule has 0 bridgehead atoms. The maximum absolute atomic E-state index is 14.0. The van der Waals surface area contributed by atoms with Gasteiger partial charge in [-0.05, 0) is 72.4 Å². The monoisotopic (exact) mass is 542 g/mol. The smallest absolute Gasteiger partial charge is 0.277 e. The summed E-state index contributed by atoms with van der Waals surface area (Å²) in [5.74, 6) is -0.506. The third kappa shape index (κ3) is 5.47. The Morgan fingerprint density at radius 3 is 2.49 bits per heavy atom. The lowest BCUT2D eigenvalue weighted by molar-refractivity contribution is 0.406. The number of aromatic nitrogens is 3. The van der Waals surface area contributed by atoms with Crippen molar-refractivity contribution >= 4 is 9.84 Å². The molecule has 4 rings (SSSR count). The van der Waals surface area contributed by atoms with Gasteiger partial charge in [0.1, 0.15) is 5.82 Å². The second-order valence-corrected chi connectivity index (χ2v) is 11.2. The van der Waals surface area contributed by atoms with Crippen LogP contribution in [0.25, 0.3) is 11.1 Å². The van der Waals surface area contributed by atoms with Crippen LogP contribution in [0, 0.1) is 18.3 Å². The van der Waals surface area contributed by atoms with Crippen molar-refractivity contribution in [3.05, 3.63) is 99.9 Å². The molecule has 0 unspecified atom stereocenters. The van der Waals surface area contributed by atoms with Gasteiger partial charge in [0.2, 0.25) is 15.7 Å². The molecule has 39 heavy (non-hydrogen) atoms. The number of hydrogen-bond donors (Lipinski definition) is 1. The van der Waals surface area contributed by atoms with Crippen LogP contribution in [0.5, 0.6) is 5.88 Å². The molecular weight excluding hydrogens is 512 g/mol. The van der Waals surface area contributed by atoms with E-state index in [0.29, 0.717) is 36.2 Å². The zero-order valence-corrected chi connectivity index (χ0v) is 22.9. The highest BCUT2D eigenvalue weighted by Crippen LogP contribution is 2.30. The summed E-state index contributed by atoms with van der Waals surface area (Å²) in [5, 5.41) is 20.2. The maximum atomic E-state index is 14.0. The van der Waals surface area contributed by atoms with Gasteiger partial charge in [-0.1, -0.05) is 44.5 Å². The number of unbranched alkanes of at least 4 members (excludes halogenated alkanes) is 1. The van der Waals surface area contributed by atoms with Crippen molar-refractivity contribution in [3.8, 4) is 23.1 Å². The van der Waals surface area contributed by atoms with Crippen LogP contribution < -0.4 is 5.56 Å². The summed E-state index contributed by atoms with van der Waals surface area (Å²) >= 11 is 0. The lowest BCUT2D eigenvalue weighted by Gasteiger charge is -2.23. The molecule has 0 amide bonds. The molecular formula is C30H30N4O4S. The number of sulfone groups is 1. The van der Waals surface area contributed by atoms with Crippen LogP contribution in [-0.2, 0) is 16.3 Å². The number of benzene rings is 2. The fourth-order valence-corrected chi connectivity index (χ4v) is 6.07. The van der Waals surface area contributed by atoms with Gasteiger partial charge in [0.05, 0.1) is 22.6 Å². The van der Waals surface area contributed by atoms with Gasteiger partial charge < -0.3 is 5.11 Å². The van der Waals surface area contributed by atoms with E-state index in [1.54, 1.807) is 48.8 Å². The van der Waals surface area contributed by atoms with E-state index in [0.717, 1.165) is 23.1 Å². The standard InChI is InChI=1S/C30H30N4O4S/c1-4-6-10-27-33-29(35)28(30(36)34(27)26(5-2)23-9-7-8-21(17-23)18-31)39(37,38)24-13-11-22(12-14-24)25-15-16-32-19-20(25)3/h7-9,11-17,19,26,35H,4-6,10H2,1-3H3/t26-/m0/s1. The molecule has 0 spiro atoms. The minimum Gasteiger partial charge on any atom is -0.492 e. The molecule has 2 heterocycles. The normalized spacial score (nSPS) is 12.2. The fraction of sp³-hybridized carbons (Fsp3) is 0.267. The predicted octanol–water partition coefficient (Wildman–Crippen LogP) is 5.37. The Balaban J connectivity index is 1.88. The van der Waals surface area contributed by atoms with Gasteiger partial charge in [0.15, 0.2) is 4.90 Å². The molecule has 8 nitrogen and oxygen atoms in total. The number of nitrogens with zero attached hydrogens (tertiary/aromatic N) is 4. The molecule has 0 saturated heterocycles. The first-order chi connectivity index (χ1) is 18.7. The SMILES string of the molecule is CCCCc1nc(O)c(S(=O)(=O)c2ccc(-c3ccncc3C)cc2)c(=O)n1[C@@H](CC)c1cccc(C#N)c1. The molecule has 2 aromatic heterocycles. The van der Waals surface area contributed by atoms with Gasteiger partial charge in [0, 0.05) is 18.8 Å². The summed E-state index contributed by atoms with van der Waals surface area (Å²) in [6.45, 7) is 5.78. The molecule has 200 valence electrons. The summed E-state index contributed by atoms with van der Waals surface area (Å²) < 4.78 is 28.9. The lowest BCUT2D eigenvalue weighted by atomic mass is 10.0. The molecule has 4 aromatic rings. The van der Waals surface area contributed by atoms with E-state index in [2.05, 4.69) is 16.0 Å². The van der Waals surface area contributed by atoms with E-state index < -0.39 is 32.2 Å². The largest absolute Gasteiger partial charge is 0.492 e. The van der Waals surface area contributed by atoms with Gasteiger partial charge in [-0.15, -0.1) is 0 Å². The summed E-state index contributed by atoms with van der Waals surface area (Å²) in [6.07, 6.45) is 5.73. The number of pyridine rings is 1. The van der Waals surface area contributed by atoms with Crippen LogP contribution in [0.1, 0.15) is 61.7 Å². The Bertz CT molecular complexity index is 1700. The highest BCUT2D eigenvalue weighted by molar-refractivity contribution is 7.91. The van der Waals surface area contributed by atoms with E-state index >= 15 is 0 Å². The van der Waals surface area contributed by atoms with Crippen molar-refractivity contribution in [2.75, 3.05) is 0 Å². The Kier molecular flexibility index (Phi) is 8.27. The van der Waals surface area contributed by atoms with E-state index in [9.17, 15) is 23.6 Å². The van der Waals surface area contributed by atoms with E-state index in [-0.39, 0.29) is 4.90 Å². The van der Waals surface area contributed by atoms with Gasteiger partial charge in [-0.2, -0.15) is 10.2 Å². The Morgan fingerprint density at radius 1 is 1.10 bits per heavy atom. The molecule has 0 aliphatic carbocycles. The molecule has 1 N–H and O–H groups in total. The van der Waals surface area contributed by atoms with Crippen LogP contribution in [0.4, 0.5) is 0 Å². The molecule has 9 heteroatoms. The lowest BCUT2D eigenvalue weighted by Crippen LogP contribution is -2.33. The zero-order chi connectivity index (χ0) is 28.2. The third-order valence-corrected chi connectivity index (χ3v) is 8.53. The van der Waals surface area contributed by atoms with Crippen LogP contribution in [0.2, 0.25) is 0 Å². The van der Waals surface area contributed by atoms with Crippen LogP contribution in [0.15, 0.2) is 81.6 Å². The van der Waals surface area contributed by atoms with E-state index in [4.69, 9.17) is 0 Å². The summed E-state index contributed by atoms with van der Waals surface area (Å²) in [7, 11) is -4.42. The maximum Gasteiger partial charge on any atom is 0.277 e. The Morgan fingerprint density at radius 2 is 1.85 bits per heavy atom. The second kappa shape index (κ2) is 11.6. The topological polar surface area (TPSA) is 126 Å². The first-order valence-electron chi connectivity index (χ1n) is 12.8. The van der Waals surface area contributed by atoms with E-state index in [1.165, 1.54) is 16.7 Å². The van der Waals surface area contributed by atoms with Gasteiger partial charge in [0.25, 0.3) is 5.56 Å². The van der Waals surface area contributed by atoms with Crippen LogP contribution in [0.3, 0.4) is 0 Å². The van der Waals surface area contributed by atoms with E-state index in [1.807, 2.05) is 26.8 Å². The van der Waals surface area contributed by atoms with Crippen LogP contribution in [-0.4, -0.2) is 28.1 Å². The fourth-order valence-electron chi connectivity index (χ4n) is 4.73. The number of aryl methyl sites for hydroxylation is 2. The summed E-state index contributed by atoms with van der Waals surface area (Å²) in [5.41, 5.74) is 2.92. The minimum absolute atomic E-state index is 0.125. The van der Waals surface area contributed by atoms with Crippen LogP contribution >= 0.6 is 0 Å². The first-order valence-corrected chi connectivity index (χ1v) is 14.3. The molecule has 0 radical (unpaired) electrons. The molecule has 0 saturated carbocycles. The summed E-state index contributed by atoms with van der Waals surface area (Å²) in [4.78, 5) is 21.4. The number of nitriles is 1. The quantitative estimate of drug-likeness (QED) is 0.301. The molecule has 1 atom stereocenters. The second-order valence-electron chi connectivity index (χ2n) is 9.34. The van der Waals surface area contributed by atoms with Gasteiger partial charge in [-0.3, -0.25) is 14.3 Å². The predicted molar refractivity (Wildman–Crippen MR) is 148 cm³/mol. The highest BCUT2D eigenvalue weighted by Gasteiger charge is 2.31. The molecule has 0 aliphatic rings. The van der Waals surface area contributed by atoms with Crippen molar-refractivity contribution < 1.29 is 13.5 Å². The third-order valence-electron chi connectivity index (χ3n) is 6.75. The number of aromatic hydroxyl groups is 1. The number of rotatable bonds is 9. The molecule has 2 aromatic carbocycles. The van der Waals surface area contributed by atoms with Crippen molar-refractivity contribution in [3.63, 3.8) is 0 Å². The molecule has 0 aliphatic heterocycles.